The van der Waals surface area contributed by atoms with Crippen molar-refractivity contribution in [1.82, 2.24) is 21.3 Å². The van der Waals surface area contributed by atoms with Crippen molar-refractivity contribution >= 4 is 53.3 Å². The predicted octanol–water partition coefficient (Wildman–Crippen LogP) is 3.62. The van der Waals surface area contributed by atoms with Crippen LogP contribution in [0.1, 0.15) is 22.3 Å². The lowest BCUT2D eigenvalue weighted by Gasteiger charge is -2.32. The fourth-order valence-corrected chi connectivity index (χ4v) is 5.02. The van der Waals surface area contributed by atoms with Crippen LogP contribution >= 0.6 is 11.6 Å². The normalized spacial score (nSPS) is 14.7. The van der Waals surface area contributed by atoms with Crippen molar-refractivity contribution in [1.29, 1.82) is 0 Å². The summed E-state index contributed by atoms with van der Waals surface area (Å²) in [6, 6.07) is 19.6. The van der Waals surface area contributed by atoms with Crippen LogP contribution in [0.2, 0.25) is 5.02 Å². The number of carbonyl (C=O) groups excluding carboxylic acids is 3. The second-order valence-corrected chi connectivity index (χ2v) is 10.2. The molecular formula is C30H30ClN7O4. The number of rotatable bonds is 8. The van der Waals surface area contributed by atoms with Crippen LogP contribution in [0.15, 0.2) is 77.9 Å². The van der Waals surface area contributed by atoms with Crippen molar-refractivity contribution < 1.29 is 19.1 Å². The molecule has 11 nitrogen and oxygen atoms in total. The summed E-state index contributed by atoms with van der Waals surface area (Å²) in [5.41, 5.74) is 10.5. The number of hydrogen-bond donors (Lipinski definition) is 4. The van der Waals surface area contributed by atoms with Crippen LogP contribution in [0, 0.1) is 0 Å². The Bertz CT molecular complexity index is 1530. The van der Waals surface area contributed by atoms with Gasteiger partial charge in [0.2, 0.25) is 11.8 Å². The molecule has 12 heteroatoms. The highest BCUT2D eigenvalue weighted by Crippen LogP contribution is 2.26. The molecule has 216 valence electrons. The maximum atomic E-state index is 13.8. The van der Waals surface area contributed by atoms with Gasteiger partial charge in [0.05, 0.1) is 12.8 Å². The van der Waals surface area contributed by atoms with Crippen molar-refractivity contribution in [3.05, 3.63) is 100 Å². The highest BCUT2D eigenvalue weighted by atomic mass is 35.5. The van der Waals surface area contributed by atoms with Gasteiger partial charge in [0, 0.05) is 41.9 Å². The number of hydrazine groups is 2. The zero-order valence-electron chi connectivity index (χ0n) is 22.8. The summed E-state index contributed by atoms with van der Waals surface area (Å²) in [5.74, 6) is -0.581. The van der Waals surface area contributed by atoms with Crippen LogP contribution in [0.25, 0.3) is 6.08 Å². The fourth-order valence-electron chi connectivity index (χ4n) is 4.84. The molecule has 3 aromatic rings. The SMILES string of the molecule is COC(=O)Nc1ccc2c(c1)CCN(C(=O)[C@H](Cc1ccccc1)NC(=O)/C=C/c1cc(Cl)ccc1N1C=NNN1)C2. The number of hydrazone groups is 1. The number of benzene rings is 3. The van der Waals surface area contributed by atoms with E-state index in [9.17, 15) is 14.4 Å². The molecule has 42 heavy (non-hydrogen) atoms. The first-order valence-electron chi connectivity index (χ1n) is 13.3. The smallest absolute Gasteiger partial charge is 0.411 e. The number of anilines is 2. The molecule has 3 aromatic carbocycles. The number of methoxy groups -OCH3 is 1. The van der Waals surface area contributed by atoms with Gasteiger partial charge in [-0.25, -0.2) is 15.3 Å². The van der Waals surface area contributed by atoms with Gasteiger partial charge < -0.3 is 15.0 Å². The van der Waals surface area contributed by atoms with Gasteiger partial charge in [-0.3, -0.25) is 14.9 Å². The van der Waals surface area contributed by atoms with Crippen molar-refractivity contribution in [2.75, 3.05) is 24.0 Å². The lowest BCUT2D eigenvalue weighted by atomic mass is 9.97. The largest absolute Gasteiger partial charge is 0.453 e. The molecule has 4 N–H and O–H groups in total. The number of ether oxygens (including phenoxy) is 1. The van der Waals surface area contributed by atoms with Crippen LogP contribution in [0.5, 0.6) is 0 Å². The molecule has 2 aliphatic heterocycles. The molecule has 0 fully saturated rings. The van der Waals surface area contributed by atoms with Crippen LogP contribution in [-0.4, -0.2) is 48.8 Å². The van der Waals surface area contributed by atoms with Crippen molar-refractivity contribution in [3.63, 3.8) is 0 Å². The lowest BCUT2D eigenvalue weighted by molar-refractivity contribution is -0.136. The molecule has 0 aromatic heterocycles. The summed E-state index contributed by atoms with van der Waals surface area (Å²) in [7, 11) is 1.31. The van der Waals surface area contributed by atoms with Crippen LogP contribution < -0.4 is 26.7 Å². The number of fused-ring (bicyclic) bond motifs is 1. The predicted molar refractivity (Wildman–Crippen MR) is 161 cm³/mol. The minimum Gasteiger partial charge on any atom is -0.453 e. The van der Waals surface area contributed by atoms with Crippen molar-refractivity contribution in [2.45, 2.75) is 25.4 Å². The maximum Gasteiger partial charge on any atom is 0.411 e. The van der Waals surface area contributed by atoms with E-state index in [-0.39, 0.29) is 5.91 Å². The summed E-state index contributed by atoms with van der Waals surface area (Å²) in [5, 5.41) is 11.7. The van der Waals surface area contributed by atoms with E-state index in [0.29, 0.717) is 42.2 Å². The van der Waals surface area contributed by atoms with E-state index in [1.165, 1.54) is 13.2 Å². The zero-order chi connectivity index (χ0) is 29.5. The number of halogens is 1. The summed E-state index contributed by atoms with van der Waals surface area (Å²) >= 11 is 6.22. The first-order valence-corrected chi connectivity index (χ1v) is 13.7. The molecule has 5 rings (SSSR count). The topological polar surface area (TPSA) is 127 Å². The Balaban J connectivity index is 1.31. The monoisotopic (exact) mass is 587 g/mol. The van der Waals surface area contributed by atoms with Gasteiger partial charge in [-0.2, -0.15) is 5.10 Å². The molecule has 2 aliphatic rings. The third-order valence-electron chi connectivity index (χ3n) is 6.93. The molecule has 2 heterocycles. The lowest BCUT2D eigenvalue weighted by Crippen LogP contribution is -2.50. The van der Waals surface area contributed by atoms with Gasteiger partial charge in [-0.15, -0.1) is 5.53 Å². The van der Waals surface area contributed by atoms with Gasteiger partial charge in [0.25, 0.3) is 0 Å². The highest BCUT2D eigenvalue weighted by molar-refractivity contribution is 6.30. The van der Waals surface area contributed by atoms with Gasteiger partial charge >= 0.3 is 6.09 Å². The number of carbonyl (C=O) groups is 3. The number of hydrogen-bond acceptors (Lipinski definition) is 8. The van der Waals surface area contributed by atoms with Gasteiger partial charge in [-0.05, 0) is 59.5 Å². The van der Waals surface area contributed by atoms with Gasteiger partial charge in [0.15, 0.2) is 0 Å². The maximum absolute atomic E-state index is 13.8. The molecule has 0 spiro atoms. The highest BCUT2D eigenvalue weighted by Gasteiger charge is 2.29. The molecule has 0 unspecified atom stereocenters. The fraction of sp³-hybridized carbons (Fsp3) is 0.200. The molecule has 1 atom stereocenters. The first kappa shape index (κ1) is 28.7. The average Bonchev–Trinajstić information content (AvgIpc) is 3.54. The number of nitrogens with one attached hydrogen (secondary N) is 4. The summed E-state index contributed by atoms with van der Waals surface area (Å²) in [6.07, 6.45) is 5.01. The molecular weight excluding hydrogens is 558 g/mol. The molecule has 3 amide bonds. The Morgan fingerprint density at radius 3 is 2.69 bits per heavy atom. The molecule has 0 bridgehead atoms. The average molecular weight is 588 g/mol. The summed E-state index contributed by atoms with van der Waals surface area (Å²) in [4.78, 5) is 40.3. The van der Waals surface area contributed by atoms with E-state index in [0.717, 1.165) is 22.4 Å². The van der Waals surface area contributed by atoms with Crippen LogP contribution in [-0.2, 0) is 33.7 Å². The summed E-state index contributed by atoms with van der Waals surface area (Å²) < 4.78 is 4.67. The van der Waals surface area contributed by atoms with Crippen molar-refractivity contribution in [2.24, 2.45) is 5.10 Å². The van der Waals surface area contributed by atoms with E-state index in [1.807, 2.05) is 42.5 Å². The van der Waals surface area contributed by atoms with Gasteiger partial charge in [0.1, 0.15) is 12.4 Å². The third kappa shape index (κ3) is 7.06. The molecule has 0 radical (unpaired) electrons. The quantitative estimate of drug-likeness (QED) is 0.297. The van der Waals surface area contributed by atoms with Gasteiger partial charge in [-0.1, -0.05) is 48.0 Å². The van der Waals surface area contributed by atoms with E-state index in [4.69, 9.17) is 11.6 Å². The number of nitrogens with zero attached hydrogens (tertiary/aromatic N) is 3. The minimum atomic E-state index is -0.776. The Labute approximate surface area is 248 Å². The Morgan fingerprint density at radius 1 is 1.10 bits per heavy atom. The van der Waals surface area contributed by atoms with E-state index >= 15 is 0 Å². The second-order valence-electron chi connectivity index (χ2n) is 9.74. The van der Waals surface area contributed by atoms with E-state index in [2.05, 4.69) is 31.5 Å². The zero-order valence-corrected chi connectivity index (χ0v) is 23.6. The number of amides is 3. The van der Waals surface area contributed by atoms with Crippen molar-refractivity contribution in [3.8, 4) is 0 Å². The molecule has 0 saturated carbocycles. The second kappa shape index (κ2) is 13.2. The molecule has 0 aliphatic carbocycles. The van der Waals surface area contributed by atoms with Crippen LogP contribution in [0.3, 0.4) is 0 Å². The Hall–Kier alpha value is -4.87. The Kier molecular flexibility index (Phi) is 9.00. The first-order chi connectivity index (χ1) is 20.4. The van der Waals surface area contributed by atoms with E-state index in [1.54, 1.807) is 46.6 Å². The van der Waals surface area contributed by atoms with E-state index < -0.39 is 18.0 Å². The summed E-state index contributed by atoms with van der Waals surface area (Å²) in [6.45, 7) is 0.878. The van der Waals surface area contributed by atoms with Crippen LogP contribution in [0.4, 0.5) is 16.2 Å². The standard InChI is InChI=1S/C30H30ClN7O4/c1-42-30(41)33-25-10-7-23-18-37(14-13-21(23)17-25)29(40)26(15-20-5-3-2-4-6-20)34-28(39)12-8-22-16-24(31)9-11-27(22)38-19-32-35-36-38/h2-12,16-17,19,26,35-36H,13-15,18H2,1H3,(H,33,41)(H,34,39)/b12-8+/t26-/m0/s1. The minimum absolute atomic E-state index is 0.171. The molecule has 0 saturated heterocycles. The third-order valence-corrected chi connectivity index (χ3v) is 7.17. The Morgan fingerprint density at radius 2 is 1.93 bits per heavy atom.